The predicted octanol–water partition coefficient (Wildman–Crippen LogP) is 5.75. The lowest BCUT2D eigenvalue weighted by Crippen LogP contribution is -2.43. The van der Waals surface area contributed by atoms with Gasteiger partial charge in [0.15, 0.2) is 0 Å². The number of benzene rings is 1. The van der Waals surface area contributed by atoms with Crippen molar-refractivity contribution in [3.05, 3.63) is 42.0 Å². The number of ketones is 1. The quantitative estimate of drug-likeness (QED) is 0.657. The third-order valence-corrected chi connectivity index (χ3v) is 7.00. The second kappa shape index (κ2) is 7.25. The van der Waals surface area contributed by atoms with Crippen molar-refractivity contribution in [3.63, 3.8) is 0 Å². The summed E-state index contributed by atoms with van der Waals surface area (Å²) >= 11 is 1.92. The van der Waals surface area contributed by atoms with Crippen LogP contribution in [-0.4, -0.2) is 11.0 Å². The van der Waals surface area contributed by atoms with Crippen LogP contribution < -0.4 is 0 Å². The monoisotopic (exact) mass is 328 g/mol. The number of carbonyl (C=O) groups excluding carboxylic acids is 1. The Hall–Kier alpha value is -1.02. The lowest BCUT2D eigenvalue weighted by atomic mass is 9.66. The Morgan fingerprint density at radius 2 is 1.87 bits per heavy atom. The number of thioether (sulfide) groups is 1. The largest absolute Gasteiger partial charge is 0.299 e. The van der Waals surface area contributed by atoms with Gasteiger partial charge in [-0.2, -0.15) is 0 Å². The van der Waals surface area contributed by atoms with E-state index in [-0.39, 0.29) is 11.8 Å². The summed E-state index contributed by atoms with van der Waals surface area (Å²) in [6, 6.07) is 10.6. The highest BCUT2D eigenvalue weighted by molar-refractivity contribution is 8.00. The molecular weight excluding hydrogens is 300 g/mol. The van der Waals surface area contributed by atoms with E-state index in [2.05, 4.69) is 57.2 Å². The van der Waals surface area contributed by atoms with Gasteiger partial charge in [-0.15, -0.1) is 11.8 Å². The highest BCUT2D eigenvalue weighted by Gasteiger charge is 2.44. The van der Waals surface area contributed by atoms with Gasteiger partial charge in [-0.1, -0.05) is 50.6 Å². The number of rotatable bonds is 3. The SMILES string of the molecule is CC(C)C1CC/C2=C\CC[C@@H](C)C(=O)[C@H]1[C@@H]2Sc1ccccc1. The summed E-state index contributed by atoms with van der Waals surface area (Å²) in [4.78, 5) is 14.5. The fourth-order valence-electron chi connectivity index (χ4n) is 4.22. The first-order valence-electron chi connectivity index (χ1n) is 9.02. The van der Waals surface area contributed by atoms with Crippen molar-refractivity contribution < 1.29 is 4.79 Å². The molecule has 0 saturated heterocycles. The molecule has 1 aromatic rings. The van der Waals surface area contributed by atoms with E-state index >= 15 is 0 Å². The maximum Gasteiger partial charge on any atom is 0.140 e. The Labute approximate surface area is 144 Å². The molecule has 0 aromatic heterocycles. The Morgan fingerprint density at radius 3 is 2.57 bits per heavy atom. The third-order valence-electron chi connectivity index (χ3n) is 5.60. The van der Waals surface area contributed by atoms with Gasteiger partial charge in [-0.3, -0.25) is 4.79 Å². The van der Waals surface area contributed by atoms with E-state index < -0.39 is 0 Å². The summed E-state index contributed by atoms with van der Waals surface area (Å²) in [5.74, 6) is 2.02. The topological polar surface area (TPSA) is 17.1 Å². The zero-order valence-electron chi connectivity index (χ0n) is 14.5. The standard InChI is InChI=1S/C21H28OS/c1-14(2)18-13-12-16-9-7-8-15(3)20(22)19(18)21(16)23-17-10-5-4-6-11-17/h4-6,9-11,14-15,18-19,21H,7-8,12-13H2,1-3H3/b16-9+/t15-,18?,19+,21-/m1/s1. The van der Waals surface area contributed by atoms with E-state index in [1.165, 1.54) is 23.3 Å². The van der Waals surface area contributed by atoms with Crippen molar-refractivity contribution in [1.82, 2.24) is 0 Å². The molecule has 0 aliphatic heterocycles. The second-order valence-electron chi connectivity index (χ2n) is 7.48. The van der Waals surface area contributed by atoms with Crippen LogP contribution in [0.1, 0.15) is 46.5 Å². The maximum absolute atomic E-state index is 13.2. The first kappa shape index (κ1) is 16.8. The number of carbonyl (C=O) groups is 1. The normalized spacial score (nSPS) is 33.7. The van der Waals surface area contributed by atoms with Crippen LogP contribution in [-0.2, 0) is 4.79 Å². The summed E-state index contributed by atoms with van der Waals surface area (Å²) in [5.41, 5.74) is 1.53. The van der Waals surface area contributed by atoms with Crippen LogP contribution in [0.5, 0.6) is 0 Å². The molecule has 1 saturated carbocycles. The van der Waals surface area contributed by atoms with Gasteiger partial charge < -0.3 is 0 Å². The average Bonchev–Trinajstić information content (AvgIpc) is 2.55. The average molecular weight is 329 g/mol. The number of allylic oxidation sites excluding steroid dienone is 1. The molecule has 1 fully saturated rings. The molecule has 0 N–H and O–H groups in total. The van der Waals surface area contributed by atoms with E-state index in [0.717, 1.165) is 12.8 Å². The molecule has 23 heavy (non-hydrogen) atoms. The van der Waals surface area contributed by atoms with Crippen molar-refractivity contribution in [2.24, 2.45) is 23.7 Å². The van der Waals surface area contributed by atoms with Crippen LogP contribution >= 0.6 is 11.8 Å². The van der Waals surface area contributed by atoms with Gasteiger partial charge >= 0.3 is 0 Å². The second-order valence-corrected chi connectivity index (χ2v) is 8.70. The highest BCUT2D eigenvalue weighted by Crippen LogP contribution is 2.48. The van der Waals surface area contributed by atoms with E-state index in [4.69, 9.17) is 0 Å². The summed E-state index contributed by atoms with van der Waals surface area (Å²) in [5, 5.41) is 0.341. The Bertz CT molecular complexity index is 575. The van der Waals surface area contributed by atoms with Gasteiger partial charge in [-0.25, -0.2) is 0 Å². The van der Waals surface area contributed by atoms with Crippen LogP contribution in [0.2, 0.25) is 0 Å². The fraction of sp³-hybridized carbons (Fsp3) is 0.571. The van der Waals surface area contributed by atoms with Gasteiger partial charge in [0, 0.05) is 22.0 Å². The first-order valence-corrected chi connectivity index (χ1v) is 9.90. The van der Waals surface area contributed by atoms with Gasteiger partial charge in [-0.05, 0) is 49.7 Å². The summed E-state index contributed by atoms with van der Waals surface area (Å²) in [6.07, 6.45) is 6.89. The highest BCUT2D eigenvalue weighted by atomic mass is 32.2. The van der Waals surface area contributed by atoms with Crippen molar-refractivity contribution in [1.29, 1.82) is 0 Å². The summed E-state index contributed by atoms with van der Waals surface area (Å²) in [7, 11) is 0. The Kier molecular flexibility index (Phi) is 5.31. The minimum Gasteiger partial charge on any atom is -0.299 e. The maximum atomic E-state index is 13.2. The molecule has 0 heterocycles. The molecule has 3 rings (SSSR count). The lowest BCUT2D eigenvalue weighted by molar-refractivity contribution is -0.129. The third kappa shape index (κ3) is 3.57. The summed E-state index contributed by atoms with van der Waals surface area (Å²) < 4.78 is 0. The van der Waals surface area contributed by atoms with Gasteiger partial charge in [0.1, 0.15) is 5.78 Å². The zero-order chi connectivity index (χ0) is 16.4. The fourth-order valence-corrected chi connectivity index (χ4v) is 5.68. The van der Waals surface area contributed by atoms with Crippen LogP contribution in [0.3, 0.4) is 0 Å². The molecular formula is C21H28OS. The molecule has 1 unspecified atom stereocenters. The number of hydrogen-bond acceptors (Lipinski definition) is 2. The summed E-state index contributed by atoms with van der Waals surface area (Å²) in [6.45, 7) is 6.72. The number of Topliss-reactive ketones (excluding diaryl/α,β-unsaturated/α-hetero) is 1. The molecule has 0 radical (unpaired) electrons. The van der Waals surface area contributed by atoms with Crippen LogP contribution in [0.15, 0.2) is 46.9 Å². The van der Waals surface area contributed by atoms with Crippen molar-refractivity contribution >= 4 is 17.5 Å². The molecule has 1 aromatic carbocycles. The van der Waals surface area contributed by atoms with Gasteiger partial charge in [0.25, 0.3) is 0 Å². The Balaban J connectivity index is 1.97. The van der Waals surface area contributed by atoms with E-state index in [9.17, 15) is 4.79 Å². The molecule has 2 aliphatic carbocycles. The number of hydrogen-bond donors (Lipinski definition) is 0. The minimum atomic E-state index is 0.190. The van der Waals surface area contributed by atoms with Gasteiger partial charge in [0.2, 0.25) is 0 Å². The lowest BCUT2D eigenvalue weighted by Gasteiger charge is -2.43. The van der Waals surface area contributed by atoms with Gasteiger partial charge in [0.05, 0.1) is 0 Å². The van der Waals surface area contributed by atoms with Crippen molar-refractivity contribution in [3.8, 4) is 0 Å². The predicted molar refractivity (Wildman–Crippen MR) is 98.6 cm³/mol. The Morgan fingerprint density at radius 1 is 1.13 bits per heavy atom. The minimum absolute atomic E-state index is 0.190. The molecule has 2 aliphatic rings. The molecule has 4 atom stereocenters. The van der Waals surface area contributed by atoms with E-state index in [0.29, 0.717) is 22.9 Å². The number of fused-ring (bicyclic) bond motifs is 2. The smallest absolute Gasteiger partial charge is 0.140 e. The van der Waals surface area contributed by atoms with E-state index in [1.807, 2.05) is 11.8 Å². The molecule has 2 bridgehead atoms. The molecule has 124 valence electrons. The molecule has 1 nitrogen and oxygen atoms in total. The van der Waals surface area contributed by atoms with E-state index in [1.54, 1.807) is 0 Å². The first-order chi connectivity index (χ1) is 11.1. The van der Waals surface area contributed by atoms with Crippen LogP contribution in [0, 0.1) is 23.7 Å². The molecule has 0 spiro atoms. The van der Waals surface area contributed by atoms with Crippen molar-refractivity contribution in [2.75, 3.05) is 0 Å². The van der Waals surface area contributed by atoms with Crippen molar-refractivity contribution in [2.45, 2.75) is 56.6 Å². The zero-order valence-corrected chi connectivity index (χ0v) is 15.3. The van der Waals surface area contributed by atoms with Crippen LogP contribution in [0.25, 0.3) is 0 Å². The molecule has 0 amide bonds. The van der Waals surface area contributed by atoms with Crippen LogP contribution in [0.4, 0.5) is 0 Å². The molecule has 2 heteroatoms.